The van der Waals surface area contributed by atoms with Gasteiger partial charge < -0.3 is 10.5 Å². The van der Waals surface area contributed by atoms with Crippen LogP contribution in [0.25, 0.3) is 0 Å². The van der Waals surface area contributed by atoms with Crippen LogP contribution in [-0.2, 0) is 17.9 Å². The molecule has 3 heteroatoms. The molecular formula is C15H26N2O. The fourth-order valence-electron chi connectivity index (χ4n) is 1.94. The highest BCUT2D eigenvalue weighted by atomic mass is 16.5. The molecule has 0 saturated carbocycles. The summed E-state index contributed by atoms with van der Waals surface area (Å²) in [6, 6.07) is 3.93. The van der Waals surface area contributed by atoms with E-state index in [0.717, 1.165) is 24.3 Å². The Morgan fingerprint density at radius 3 is 2.72 bits per heavy atom. The number of hydrogen-bond acceptors (Lipinski definition) is 3. The van der Waals surface area contributed by atoms with Crippen molar-refractivity contribution >= 4 is 0 Å². The molecular weight excluding hydrogens is 224 g/mol. The van der Waals surface area contributed by atoms with Gasteiger partial charge in [0.15, 0.2) is 0 Å². The quantitative estimate of drug-likeness (QED) is 0.647. The Balaban J connectivity index is 2.07. The molecule has 0 spiro atoms. The topological polar surface area (TPSA) is 48.1 Å². The largest absolute Gasteiger partial charge is 0.375 e. The van der Waals surface area contributed by atoms with Gasteiger partial charge in [-0.05, 0) is 18.1 Å². The predicted octanol–water partition coefficient (Wildman–Crippen LogP) is 3.42. The molecule has 0 fully saturated rings. The summed E-state index contributed by atoms with van der Waals surface area (Å²) in [5.41, 5.74) is 7.72. The number of unbranched alkanes of at least 4 members (excludes halogenated alkanes) is 5. The zero-order valence-electron chi connectivity index (χ0n) is 11.5. The summed E-state index contributed by atoms with van der Waals surface area (Å²) in [6.07, 6.45) is 9.55. The van der Waals surface area contributed by atoms with Crippen molar-refractivity contribution in [2.75, 3.05) is 6.61 Å². The maximum absolute atomic E-state index is 5.65. The van der Waals surface area contributed by atoms with Crippen molar-refractivity contribution in [2.45, 2.75) is 58.6 Å². The second-order valence-corrected chi connectivity index (χ2v) is 4.63. The number of ether oxygens (including phenoxy) is 1. The van der Waals surface area contributed by atoms with Crippen LogP contribution in [0, 0.1) is 0 Å². The fraction of sp³-hybridized carbons (Fsp3) is 0.667. The maximum atomic E-state index is 5.65. The second kappa shape index (κ2) is 10.0. The van der Waals surface area contributed by atoms with Gasteiger partial charge in [0, 0.05) is 19.3 Å². The molecule has 0 atom stereocenters. The molecule has 0 aliphatic heterocycles. The van der Waals surface area contributed by atoms with Gasteiger partial charge in [0.25, 0.3) is 0 Å². The Bertz CT molecular complexity index is 315. The minimum atomic E-state index is 0.531. The Hall–Kier alpha value is -0.930. The molecule has 0 radical (unpaired) electrons. The van der Waals surface area contributed by atoms with E-state index in [1.54, 1.807) is 6.20 Å². The summed E-state index contributed by atoms with van der Waals surface area (Å²) in [7, 11) is 0. The van der Waals surface area contributed by atoms with Gasteiger partial charge in [-0.3, -0.25) is 4.98 Å². The van der Waals surface area contributed by atoms with Crippen molar-refractivity contribution in [3.05, 3.63) is 29.6 Å². The first-order valence-corrected chi connectivity index (χ1v) is 7.09. The SMILES string of the molecule is CCCCCCCCOCc1ncccc1CN. The lowest BCUT2D eigenvalue weighted by Gasteiger charge is -2.07. The smallest absolute Gasteiger partial charge is 0.0891 e. The lowest BCUT2D eigenvalue weighted by molar-refractivity contribution is 0.113. The molecule has 0 saturated heterocycles. The van der Waals surface area contributed by atoms with Crippen LogP contribution in [-0.4, -0.2) is 11.6 Å². The second-order valence-electron chi connectivity index (χ2n) is 4.63. The Labute approximate surface area is 111 Å². The average Bonchev–Trinajstić information content (AvgIpc) is 2.42. The van der Waals surface area contributed by atoms with E-state index in [4.69, 9.17) is 10.5 Å². The summed E-state index contributed by atoms with van der Waals surface area (Å²) >= 11 is 0. The van der Waals surface area contributed by atoms with Crippen LogP contribution in [0.15, 0.2) is 18.3 Å². The number of aromatic nitrogens is 1. The monoisotopic (exact) mass is 250 g/mol. The number of nitrogens with two attached hydrogens (primary N) is 1. The predicted molar refractivity (Wildman–Crippen MR) is 75.2 cm³/mol. The highest BCUT2D eigenvalue weighted by molar-refractivity contribution is 5.18. The third-order valence-electron chi connectivity index (χ3n) is 3.09. The molecule has 102 valence electrons. The maximum Gasteiger partial charge on any atom is 0.0891 e. The first-order valence-electron chi connectivity index (χ1n) is 7.09. The van der Waals surface area contributed by atoms with E-state index in [9.17, 15) is 0 Å². The van der Waals surface area contributed by atoms with Crippen LogP contribution >= 0.6 is 0 Å². The minimum absolute atomic E-state index is 0.531. The van der Waals surface area contributed by atoms with Gasteiger partial charge in [-0.1, -0.05) is 45.1 Å². The third-order valence-corrected chi connectivity index (χ3v) is 3.09. The summed E-state index contributed by atoms with van der Waals surface area (Å²) < 4.78 is 5.65. The molecule has 1 aromatic rings. The molecule has 18 heavy (non-hydrogen) atoms. The lowest BCUT2D eigenvalue weighted by Crippen LogP contribution is -2.05. The van der Waals surface area contributed by atoms with Crippen molar-refractivity contribution in [1.82, 2.24) is 4.98 Å². The number of hydrogen-bond donors (Lipinski definition) is 1. The first kappa shape index (κ1) is 15.1. The van der Waals surface area contributed by atoms with E-state index in [0.29, 0.717) is 13.2 Å². The highest BCUT2D eigenvalue weighted by Gasteiger charge is 2.01. The van der Waals surface area contributed by atoms with Gasteiger partial charge in [-0.15, -0.1) is 0 Å². The molecule has 0 aliphatic rings. The van der Waals surface area contributed by atoms with Crippen molar-refractivity contribution < 1.29 is 4.74 Å². The van der Waals surface area contributed by atoms with Gasteiger partial charge in [0.2, 0.25) is 0 Å². The van der Waals surface area contributed by atoms with Crippen molar-refractivity contribution in [1.29, 1.82) is 0 Å². The zero-order valence-corrected chi connectivity index (χ0v) is 11.5. The van der Waals surface area contributed by atoms with Crippen molar-refractivity contribution in [2.24, 2.45) is 5.73 Å². The normalized spacial score (nSPS) is 10.8. The number of pyridine rings is 1. The van der Waals surface area contributed by atoms with Crippen LogP contribution in [0.2, 0.25) is 0 Å². The number of nitrogens with zero attached hydrogens (tertiary/aromatic N) is 1. The van der Waals surface area contributed by atoms with Gasteiger partial charge in [0.1, 0.15) is 0 Å². The van der Waals surface area contributed by atoms with E-state index >= 15 is 0 Å². The third kappa shape index (κ3) is 6.12. The Morgan fingerprint density at radius 2 is 1.94 bits per heavy atom. The van der Waals surface area contributed by atoms with E-state index in [2.05, 4.69) is 11.9 Å². The van der Waals surface area contributed by atoms with Gasteiger partial charge in [-0.25, -0.2) is 0 Å². The lowest BCUT2D eigenvalue weighted by atomic mass is 10.1. The standard InChI is InChI=1S/C15H26N2O/c1-2-3-4-5-6-7-11-18-13-15-14(12-16)9-8-10-17-15/h8-10H,2-7,11-13,16H2,1H3. The summed E-state index contributed by atoms with van der Waals surface area (Å²) in [5, 5.41) is 0. The molecule has 0 unspecified atom stereocenters. The fourth-order valence-corrected chi connectivity index (χ4v) is 1.94. The molecule has 0 amide bonds. The molecule has 1 heterocycles. The van der Waals surface area contributed by atoms with Crippen LogP contribution in [0.4, 0.5) is 0 Å². The summed E-state index contributed by atoms with van der Waals surface area (Å²) in [6.45, 7) is 4.18. The van der Waals surface area contributed by atoms with E-state index in [1.807, 2.05) is 12.1 Å². The Morgan fingerprint density at radius 1 is 1.17 bits per heavy atom. The first-order chi connectivity index (χ1) is 8.88. The molecule has 3 nitrogen and oxygen atoms in total. The van der Waals surface area contributed by atoms with Crippen LogP contribution in [0.5, 0.6) is 0 Å². The van der Waals surface area contributed by atoms with E-state index < -0.39 is 0 Å². The molecule has 0 bridgehead atoms. The van der Waals surface area contributed by atoms with Gasteiger partial charge >= 0.3 is 0 Å². The molecule has 0 aromatic carbocycles. The van der Waals surface area contributed by atoms with Crippen molar-refractivity contribution in [3.8, 4) is 0 Å². The van der Waals surface area contributed by atoms with E-state index in [-0.39, 0.29) is 0 Å². The van der Waals surface area contributed by atoms with Gasteiger partial charge in [-0.2, -0.15) is 0 Å². The summed E-state index contributed by atoms with van der Waals surface area (Å²) in [4.78, 5) is 4.30. The minimum Gasteiger partial charge on any atom is -0.375 e. The molecule has 1 rings (SSSR count). The van der Waals surface area contributed by atoms with Crippen LogP contribution in [0.1, 0.15) is 56.7 Å². The molecule has 2 N–H and O–H groups in total. The molecule has 0 aliphatic carbocycles. The molecule has 1 aromatic heterocycles. The van der Waals surface area contributed by atoms with E-state index in [1.165, 1.54) is 32.1 Å². The Kier molecular flexibility index (Phi) is 8.43. The average molecular weight is 250 g/mol. The van der Waals surface area contributed by atoms with Crippen LogP contribution < -0.4 is 5.73 Å². The van der Waals surface area contributed by atoms with Crippen LogP contribution in [0.3, 0.4) is 0 Å². The zero-order chi connectivity index (χ0) is 13.1. The highest BCUT2D eigenvalue weighted by Crippen LogP contribution is 2.08. The van der Waals surface area contributed by atoms with Crippen molar-refractivity contribution in [3.63, 3.8) is 0 Å². The number of rotatable bonds is 10. The van der Waals surface area contributed by atoms with Gasteiger partial charge in [0.05, 0.1) is 12.3 Å². The summed E-state index contributed by atoms with van der Waals surface area (Å²) in [5.74, 6) is 0.